The minimum atomic E-state index is 0.424. The zero-order valence-corrected chi connectivity index (χ0v) is 12.4. The summed E-state index contributed by atoms with van der Waals surface area (Å²) in [7, 11) is 0. The summed E-state index contributed by atoms with van der Waals surface area (Å²) in [4.78, 5) is 4.52. The Morgan fingerprint density at radius 1 is 1.38 bits per heavy atom. The first-order valence-corrected chi connectivity index (χ1v) is 7.07. The monoisotopic (exact) mass is 279 g/mol. The quantitative estimate of drug-likeness (QED) is 0.778. The van der Waals surface area contributed by atoms with Gasteiger partial charge in [0.15, 0.2) is 0 Å². The van der Waals surface area contributed by atoms with E-state index in [0.29, 0.717) is 18.1 Å². The summed E-state index contributed by atoms with van der Waals surface area (Å²) in [6.45, 7) is 6.61. The fraction of sp³-hybridized carbons (Fsp3) is 0.294. The number of benzene rings is 1. The van der Waals surface area contributed by atoms with Crippen molar-refractivity contribution in [2.24, 2.45) is 0 Å². The SMILES string of the molecule is CCOc1nc2c(cc1C#N)Nc1c(ccc(C)c1C)C2. The minimum Gasteiger partial charge on any atom is -0.477 e. The number of hydrogen-bond acceptors (Lipinski definition) is 4. The molecule has 0 atom stereocenters. The summed E-state index contributed by atoms with van der Waals surface area (Å²) < 4.78 is 5.46. The first-order chi connectivity index (χ1) is 10.1. The molecule has 0 saturated carbocycles. The molecule has 0 bridgehead atoms. The Hall–Kier alpha value is -2.54. The molecule has 0 aliphatic carbocycles. The number of nitrogens with one attached hydrogen (secondary N) is 1. The summed E-state index contributed by atoms with van der Waals surface area (Å²) >= 11 is 0. The molecule has 1 aliphatic heterocycles. The van der Waals surface area contributed by atoms with Crippen LogP contribution in [0.4, 0.5) is 11.4 Å². The smallest absolute Gasteiger partial charge is 0.232 e. The van der Waals surface area contributed by atoms with Gasteiger partial charge in [0.05, 0.1) is 18.0 Å². The van der Waals surface area contributed by atoms with Crippen molar-refractivity contribution in [3.63, 3.8) is 0 Å². The maximum absolute atomic E-state index is 9.24. The van der Waals surface area contributed by atoms with E-state index >= 15 is 0 Å². The number of ether oxygens (including phenoxy) is 1. The van der Waals surface area contributed by atoms with E-state index in [4.69, 9.17) is 4.74 Å². The summed E-state index contributed by atoms with van der Waals surface area (Å²) in [6, 6.07) is 8.25. The molecule has 0 amide bonds. The molecule has 21 heavy (non-hydrogen) atoms. The van der Waals surface area contributed by atoms with Crippen molar-refractivity contribution < 1.29 is 4.74 Å². The molecule has 1 aromatic heterocycles. The van der Waals surface area contributed by atoms with Gasteiger partial charge in [0.25, 0.3) is 0 Å². The third kappa shape index (κ3) is 2.21. The van der Waals surface area contributed by atoms with Crippen LogP contribution in [-0.4, -0.2) is 11.6 Å². The average molecular weight is 279 g/mol. The number of rotatable bonds is 2. The lowest BCUT2D eigenvalue weighted by Crippen LogP contribution is -2.12. The predicted octanol–water partition coefficient (Wildman–Crippen LogP) is 3.62. The van der Waals surface area contributed by atoms with Gasteiger partial charge >= 0.3 is 0 Å². The maximum Gasteiger partial charge on any atom is 0.232 e. The van der Waals surface area contributed by atoms with E-state index in [-0.39, 0.29) is 0 Å². The van der Waals surface area contributed by atoms with Crippen LogP contribution in [0.25, 0.3) is 0 Å². The van der Waals surface area contributed by atoms with E-state index in [0.717, 1.165) is 23.5 Å². The number of aryl methyl sites for hydroxylation is 1. The number of hydrogen-bond donors (Lipinski definition) is 1. The first-order valence-electron chi connectivity index (χ1n) is 7.07. The van der Waals surface area contributed by atoms with E-state index in [1.807, 2.05) is 13.0 Å². The van der Waals surface area contributed by atoms with Gasteiger partial charge in [0.2, 0.25) is 5.88 Å². The standard InChI is InChI=1S/C17H17N3O/c1-4-21-17-13(9-18)8-14-15(20-17)7-12-6-5-10(2)11(3)16(12)19-14/h5-6,8,19H,4,7H2,1-3H3. The number of aromatic nitrogens is 1. The lowest BCUT2D eigenvalue weighted by Gasteiger charge is -2.24. The van der Waals surface area contributed by atoms with Crippen LogP contribution in [0, 0.1) is 25.2 Å². The van der Waals surface area contributed by atoms with Crippen LogP contribution in [0.2, 0.25) is 0 Å². The molecule has 1 aliphatic rings. The van der Waals surface area contributed by atoms with Crippen molar-refractivity contribution in [2.75, 3.05) is 11.9 Å². The molecule has 1 aromatic carbocycles. The highest BCUT2D eigenvalue weighted by molar-refractivity contribution is 5.75. The molecular weight excluding hydrogens is 262 g/mol. The lowest BCUT2D eigenvalue weighted by atomic mass is 9.95. The van der Waals surface area contributed by atoms with Crippen LogP contribution in [0.15, 0.2) is 18.2 Å². The molecule has 0 radical (unpaired) electrons. The Bertz CT molecular complexity index is 760. The molecular formula is C17H17N3O. The summed E-state index contributed by atoms with van der Waals surface area (Å²) in [5.74, 6) is 0.424. The van der Waals surface area contributed by atoms with E-state index < -0.39 is 0 Å². The minimum absolute atomic E-state index is 0.424. The van der Waals surface area contributed by atoms with Gasteiger partial charge in [0.1, 0.15) is 11.6 Å². The van der Waals surface area contributed by atoms with Crippen LogP contribution < -0.4 is 10.1 Å². The summed E-state index contributed by atoms with van der Waals surface area (Å²) in [6.07, 6.45) is 0.755. The number of nitriles is 1. The molecule has 0 unspecified atom stereocenters. The predicted molar refractivity (Wildman–Crippen MR) is 82.1 cm³/mol. The Morgan fingerprint density at radius 2 is 2.19 bits per heavy atom. The van der Waals surface area contributed by atoms with Crippen LogP contribution in [0.3, 0.4) is 0 Å². The third-order valence-corrected chi connectivity index (χ3v) is 3.91. The van der Waals surface area contributed by atoms with Gasteiger partial charge in [-0.2, -0.15) is 5.26 Å². The summed E-state index contributed by atoms with van der Waals surface area (Å²) in [5, 5.41) is 12.7. The highest BCUT2D eigenvalue weighted by Gasteiger charge is 2.21. The fourth-order valence-corrected chi connectivity index (χ4v) is 2.61. The van der Waals surface area contributed by atoms with E-state index in [1.54, 1.807) is 0 Å². The van der Waals surface area contributed by atoms with Crippen LogP contribution in [0.5, 0.6) is 5.88 Å². The van der Waals surface area contributed by atoms with Crippen molar-refractivity contribution in [3.05, 3.63) is 46.1 Å². The molecule has 3 rings (SSSR count). The average Bonchev–Trinajstić information content (AvgIpc) is 2.49. The first kappa shape index (κ1) is 13.4. The van der Waals surface area contributed by atoms with Gasteiger partial charge < -0.3 is 10.1 Å². The molecule has 106 valence electrons. The number of pyridine rings is 1. The second-order valence-corrected chi connectivity index (χ2v) is 5.22. The molecule has 2 heterocycles. The topological polar surface area (TPSA) is 57.9 Å². The van der Waals surface area contributed by atoms with Crippen molar-refractivity contribution >= 4 is 11.4 Å². The van der Waals surface area contributed by atoms with Crippen molar-refractivity contribution in [2.45, 2.75) is 27.2 Å². The Labute approximate surface area is 124 Å². The summed E-state index contributed by atoms with van der Waals surface area (Å²) in [5.41, 5.74) is 7.15. The molecule has 4 nitrogen and oxygen atoms in total. The molecule has 0 saturated heterocycles. The fourth-order valence-electron chi connectivity index (χ4n) is 2.61. The van der Waals surface area contributed by atoms with Gasteiger partial charge in [-0.3, -0.25) is 0 Å². The number of fused-ring (bicyclic) bond motifs is 2. The van der Waals surface area contributed by atoms with Crippen LogP contribution >= 0.6 is 0 Å². The molecule has 0 spiro atoms. The van der Waals surface area contributed by atoms with Gasteiger partial charge in [0, 0.05) is 12.1 Å². The van der Waals surface area contributed by atoms with E-state index in [1.165, 1.54) is 16.7 Å². The van der Waals surface area contributed by atoms with Gasteiger partial charge in [-0.05, 0) is 43.5 Å². The zero-order chi connectivity index (χ0) is 15.0. The van der Waals surface area contributed by atoms with Gasteiger partial charge in [-0.25, -0.2) is 4.98 Å². The Kier molecular flexibility index (Phi) is 3.26. The highest BCUT2D eigenvalue weighted by Crippen LogP contribution is 2.37. The third-order valence-electron chi connectivity index (χ3n) is 3.91. The Balaban J connectivity index is 2.09. The normalized spacial score (nSPS) is 11.9. The molecule has 4 heteroatoms. The largest absolute Gasteiger partial charge is 0.477 e. The van der Waals surface area contributed by atoms with Crippen molar-refractivity contribution in [1.82, 2.24) is 4.98 Å². The van der Waals surface area contributed by atoms with E-state index in [9.17, 15) is 5.26 Å². The van der Waals surface area contributed by atoms with Crippen LogP contribution in [0.1, 0.15) is 34.9 Å². The molecule has 0 fully saturated rings. The Morgan fingerprint density at radius 3 is 2.90 bits per heavy atom. The van der Waals surface area contributed by atoms with Gasteiger partial charge in [-0.15, -0.1) is 0 Å². The van der Waals surface area contributed by atoms with E-state index in [2.05, 4.69) is 42.4 Å². The zero-order valence-electron chi connectivity index (χ0n) is 12.4. The second-order valence-electron chi connectivity index (χ2n) is 5.22. The van der Waals surface area contributed by atoms with Crippen molar-refractivity contribution in [1.29, 1.82) is 5.26 Å². The second kappa shape index (κ2) is 5.10. The molecule has 2 aromatic rings. The number of nitrogens with zero attached hydrogens (tertiary/aromatic N) is 2. The number of anilines is 2. The van der Waals surface area contributed by atoms with Gasteiger partial charge in [-0.1, -0.05) is 12.1 Å². The van der Waals surface area contributed by atoms with Crippen LogP contribution in [-0.2, 0) is 6.42 Å². The lowest BCUT2D eigenvalue weighted by molar-refractivity contribution is 0.325. The highest BCUT2D eigenvalue weighted by atomic mass is 16.5. The molecule has 1 N–H and O–H groups in total. The maximum atomic E-state index is 9.24. The van der Waals surface area contributed by atoms with Crippen molar-refractivity contribution in [3.8, 4) is 11.9 Å².